The van der Waals surface area contributed by atoms with Crippen molar-refractivity contribution in [2.45, 2.75) is 6.92 Å². The number of imidazole rings is 1. The number of aromatic amines is 1. The fourth-order valence-corrected chi connectivity index (χ4v) is 3.78. The van der Waals surface area contributed by atoms with Gasteiger partial charge in [0.15, 0.2) is 11.5 Å². The van der Waals surface area contributed by atoms with Crippen LogP contribution in [0.4, 0.5) is 5.69 Å². The molecule has 5 nitrogen and oxygen atoms in total. The Balaban J connectivity index is 1.69. The van der Waals surface area contributed by atoms with E-state index in [2.05, 4.69) is 46.8 Å². The highest BCUT2D eigenvalue weighted by Gasteiger charge is 2.14. The number of aromatic nitrogens is 2. The molecule has 0 aliphatic rings. The van der Waals surface area contributed by atoms with Crippen molar-refractivity contribution in [3.63, 3.8) is 0 Å². The summed E-state index contributed by atoms with van der Waals surface area (Å²) in [5, 5.41) is 10.5. The SMILES string of the molecule is CCOc1cc(Br)c(Br)c(C=Nc2cccc(-c3nc4ccccc4[nH]3)c2)c1O. The van der Waals surface area contributed by atoms with Gasteiger partial charge in [-0.25, -0.2) is 4.98 Å². The molecule has 0 saturated carbocycles. The molecule has 1 heterocycles. The van der Waals surface area contributed by atoms with Crippen LogP contribution in [0.1, 0.15) is 12.5 Å². The van der Waals surface area contributed by atoms with Crippen LogP contribution in [0.3, 0.4) is 0 Å². The van der Waals surface area contributed by atoms with E-state index in [4.69, 9.17) is 4.74 Å². The third kappa shape index (κ3) is 4.06. The maximum absolute atomic E-state index is 10.5. The van der Waals surface area contributed by atoms with Gasteiger partial charge < -0.3 is 14.8 Å². The molecule has 4 rings (SSSR count). The summed E-state index contributed by atoms with van der Waals surface area (Å²) in [5.41, 5.74) is 4.12. The minimum Gasteiger partial charge on any atom is -0.504 e. The van der Waals surface area contributed by atoms with E-state index >= 15 is 0 Å². The van der Waals surface area contributed by atoms with Gasteiger partial charge in [-0.1, -0.05) is 24.3 Å². The zero-order valence-corrected chi connectivity index (χ0v) is 18.7. The molecule has 0 bridgehead atoms. The molecule has 7 heteroatoms. The standard InChI is InChI=1S/C22H17Br2N3O2/c1-2-29-19-11-16(23)20(24)15(21(19)28)12-25-14-7-5-6-13(10-14)22-26-17-8-3-4-9-18(17)27-22/h3-12,28H,2H2,1H3,(H,26,27). The summed E-state index contributed by atoms with van der Waals surface area (Å²) in [6, 6.07) is 17.4. The summed E-state index contributed by atoms with van der Waals surface area (Å²) >= 11 is 6.97. The second-order valence-electron chi connectivity index (χ2n) is 6.28. The molecule has 0 atom stereocenters. The number of fused-ring (bicyclic) bond motifs is 1. The molecule has 0 aliphatic carbocycles. The number of halogens is 2. The van der Waals surface area contributed by atoms with E-state index in [1.54, 1.807) is 12.3 Å². The van der Waals surface area contributed by atoms with Crippen LogP contribution >= 0.6 is 31.9 Å². The van der Waals surface area contributed by atoms with Crippen molar-refractivity contribution in [1.82, 2.24) is 9.97 Å². The molecule has 0 amide bonds. The van der Waals surface area contributed by atoms with Gasteiger partial charge in [0.1, 0.15) is 5.82 Å². The van der Waals surface area contributed by atoms with Crippen molar-refractivity contribution in [3.05, 3.63) is 69.1 Å². The maximum Gasteiger partial charge on any atom is 0.167 e. The minimum atomic E-state index is 0.0408. The Morgan fingerprint density at radius 1 is 1.14 bits per heavy atom. The highest BCUT2D eigenvalue weighted by Crippen LogP contribution is 2.40. The molecule has 4 aromatic rings. The summed E-state index contributed by atoms with van der Waals surface area (Å²) in [6.45, 7) is 2.32. The van der Waals surface area contributed by atoms with Crippen LogP contribution in [0.15, 0.2) is 68.5 Å². The lowest BCUT2D eigenvalue weighted by molar-refractivity contribution is 0.317. The number of para-hydroxylation sites is 2. The monoisotopic (exact) mass is 513 g/mol. The largest absolute Gasteiger partial charge is 0.504 e. The number of benzene rings is 3. The summed E-state index contributed by atoms with van der Waals surface area (Å²) < 4.78 is 6.97. The first-order valence-electron chi connectivity index (χ1n) is 9.00. The predicted molar refractivity (Wildman–Crippen MR) is 123 cm³/mol. The van der Waals surface area contributed by atoms with Crippen molar-refractivity contribution >= 4 is 54.8 Å². The number of phenolic OH excluding ortho intramolecular Hbond substituents is 1. The number of rotatable bonds is 5. The van der Waals surface area contributed by atoms with E-state index in [1.807, 2.05) is 55.5 Å². The van der Waals surface area contributed by atoms with Gasteiger partial charge >= 0.3 is 0 Å². The zero-order chi connectivity index (χ0) is 20.4. The van der Waals surface area contributed by atoms with Gasteiger partial charge in [0.2, 0.25) is 0 Å². The molecule has 0 aliphatic heterocycles. The Morgan fingerprint density at radius 3 is 2.76 bits per heavy atom. The maximum atomic E-state index is 10.5. The van der Waals surface area contributed by atoms with Crippen LogP contribution < -0.4 is 4.74 Å². The first-order valence-corrected chi connectivity index (χ1v) is 10.6. The molecule has 2 N–H and O–H groups in total. The lowest BCUT2D eigenvalue weighted by Gasteiger charge is -2.11. The van der Waals surface area contributed by atoms with Gasteiger partial charge in [-0.3, -0.25) is 4.99 Å². The molecule has 0 unspecified atom stereocenters. The third-order valence-corrected chi connectivity index (χ3v) is 6.36. The molecule has 0 fully saturated rings. The Morgan fingerprint density at radius 2 is 1.97 bits per heavy atom. The lowest BCUT2D eigenvalue weighted by atomic mass is 10.2. The Labute approximate surface area is 184 Å². The van der Waals surface area contributed by atoms with Crippen LogP contribution in [0.2, 0.25) is 0 Å². The van der Waals surface area contributed by atoms with Gasteiger partial charge in [-0.2, -0.15) is 0 Å². The van der Waals surface area contributed by atoms with Crippen molar-refractivity contribution in [2.75, 3.05) is 6.61 Å². The molecular weight excluding hydrogens is 498 g/mol. The van der Waals surface area contributed by atoms with Crippen LogP contribution in [0.5, 0.6) is 11.5 Å². The van der Waals surface area contributed by atoms with E-state index in [9.17, 15) is 5.11 Å². The van der Waals surface area contributed by atoms with E-state index in [0.717, 1.165) is 32.6 Å². The second-order valence-corrected chi connectivity index (χ2v) is 7.92. The number of nitrogens with zero attached hydrogens (tertiary/aromatic N) is 2. The number of aromatic hydroxyl groups is 1. The van der Waals surface area contributed by atoms with Crippen molar-refractivity contribution in [3.8, 4) is 22.9 Å². The Hall–Kier alpha value is -2.64. The average molecular weight is 515 g/mol. The van der Waals surface area contributed by atoms with Gasteiger partial charge in [-0.05, 0) is 69.1 Å². The quantitative estimate of drug-likeness (QED) is 0.294. The lowest BCUT2D eigenvalue weighted by Crippen LogP contribution is -1.95. The third-order valence-electron chi connectivity index (χ3n) is 4.34. The van der Waals surface area contributed by atoms with Gasteiger partial charge in [0.05, 0.1) is 28.9 Å². The number of nitrogens with one attached hydrogen (secondary N) is 1. The number of hydrogen-bond donors (Lipinski definition) is 2. The van der Waals surface area contributed by atoms with Crippen molar-refractivity contribution in [2.24, 2.45) is 4.99 Å². The minimum absolute atomic E-state index is 0.0408. The van der Waals surface area contributed by atoms with Gasteiger partial charge in [0, 0.05) is 20.7 Å². The normalized spacial score (nSPS) is 11.4. The molecule has 0 spiro atoms. The van der Waals surface area contributed by atoms with Crippen molar-refractivity contribution < 1.29 is 9.84 Å². The molecule has 29 heavy (non-hydrogen) atoms. The summed E-state index contributed by atoms with van der Waals surface area (Å²) in [6.07, 6.45) is 1.62. The highest BCUT2D eigenvalue weighted by atomic mass is 79.9. The number of H-pyrrole nitrogens is 1. The number of ether oxygens (including phenoxy) is 1. The smallest absolute Gasteiger partial charge is 0.167 e. The predicted octanol–water partition coefficient (Wildman–Crippen LogP) is 6.61. The van der Waals surface area contributed by atoms with Crippen molar-refractivity contribution in [1.29, 1.82) is 0 Å². The molecule has 146 valence electrons. The second kappa shape index (κ2) is 8.39. The molecule has 1 aromatic heterocycles. The fourth-order valence-electron chi connectivity index (χ4n) is 2.96. The Kier molecular flexibility index (Phi) is 5.69. The fraction of sp³-hybridized carbons (Fsp3) is 0.0909. The van der Waals surface area contributed by atoms with Crippen LogP contribution in [-0.2, 0) is 0 Å². The molecule has 3 aromatic carbocycles. The van der Waals surface area contributed by atoms with Crippen LogP contribution in [0, 0.1) is 0 Å². The first-order chi connectivity index (χ1) is 14.1. The number of phenols is 1. The van der Waals surface area contributed by atoms with E-state index in [-0.39, 0.29) is 5.75 Å². The van der Waals surface area contributed by atoms with E-state index in [0.29, 0.717) is 22.4 Å². The van der Waals surface area contributed by atoms with Crippen LogP contribution in [0.25, 0.3) is 22.4 Å². The highest BCUT2D eigenvalue weighted by molar-refractivity contribution is 9.13. The average Bonchev–Trinajstić information content (AvgIpc) is 3.17. The summed E-state index contributed by atoms with van der Waals surface area (Å²) in [5.74, 6) is 1.23. The first kappa shape index (κ1) is 19.7. The van der Waals surface area contributed by atoms with E-state index < -0.39 is 0 Å². The van der Waals surface area contributed by atoms with E-state index in [1.165, 1.54) is 0 Å². The van der Waals surface area contributed by atoms with Gasteiger partial charge in [0.25, 0.3) is 0 Å². The number of aliphatic imine (C=N–C) groups is 1. The summed E-state index contributed by atoms with van der Waals surface area (Å²) in [4.78, 5) is 12.5. The number of hydrogen-bond acceptors (Lipinski definition) is 4. The molecule has 0 radical (unpaired) electrons. The Bertz CT molecular complexity index is 1190. The van der Waals surface area contributed by atoms with Gasteiger partial charge in [-0.15, -0.1) is 0 Å². The molecular formula is C22H17Br2N3O2. The summed E-state index contributed by atoms with van der Waals surface area (Å²) in [7, 11) is 0. The zero-order valence-electron chi connectivity index (χ0n) is 15.5. The topological polar surface area (TPSA) is 70.5 Å². The van der Waals surface area contributed by atoms with Crippen LogP contribution in [-0.4, -0.2) is 27.9 Å². The molecule has 0 saturated heterocycles.